The van der Waals surface area contributed by atoms with Crippen molar-refractivity contribution in [3.63, 3.8) is 0 Å². The van der Waals surface area contributed by atoms with Crippen LogP contribution in [0.4, 0.5) is 17.6 Å². The van der Waals surface area contributed by atoms with Crippen LogP contribution in [0.25, 0.3) is 21.7 Å². The van der Waals surface area contributed by atoms with E-state index in [0.717, 1.165) is 24.3 Å². The number of pyridine rings is 1. The van der Waals surface area contributed by atoms with Crippen LogP contribution in [0.1, 0.15) is 34.7 Å². The zero-order chi connectivity index (χ0) is 27.3. The highest BCUT2D eigenvalue weighted by atomic mass is 19.2. The maximum absolute atomic E-state index is 14.4. The summed E-state index contributed by atoms with van der Waals surface area (Å²) in [5.74, 6) is -5.66. The third-order valence-corrected chi connectivity index (χ3v) is 6.61. The third-order valence-electron chi connectivity index (χ3n) is 6.61. The molecule has 0 unspecified atom stereocenters. The van der Waals surface area contributed by atoms with Gasteiger partial charge in [0.2, 0.25) is 0 Å². The van der Waals surface area contributed by atoms with Crippen molar-refractivity contribution >= 4 is 33.6 Å². The molecule has 0 bridgehead atoms. The molecule has 0 aliphatic carbocycles. The minimum atomic E-state index is -1.22. The van der Waals surface area contributed by atoms with Crippen LogP contribution < -0.4 is 5.56 Å². The van der Waals surface area contributed by atoms with Crippen LogP contribution >= 0.6 is 0 Å². The molecule has 8 nitrogen and oxygen atoms in total. The van der Waals surface area contributed by atoms with E-state index in [4.69, 9.17) is 9.47 Å². The van der Waals surface area contributed by atoms with Gasteiger partial charge in [-0.2, -0.15) is 0 Å². The number of aromatic nitrogens is 2. The predicted molar refractivity (Wildman–Crippen MR) is 127 cm³/mol. The summed E-state index contributed by atoms with van der Waals surface area (Å²) in [6, 6.07) is 4.13. The van der Waals surface area contributed by atoms with Crippen molar-refractivity contribution in [1.29, 1.82) is 0 Å². The highest BCUT2D eigenvalue weighted by molar-refractivity contribution is 5.98. The number of esters is 1. The molecule has 0 fully saturated rings. The third kappa shape index (κ3) is 4.30. The lowest BCUT2D eigenvalue weighted by Crippen LogP contribution is -2.40. The number of fused-ring (bicyclic) bond motifs is 4. The van der Waals surface area contributed by atoms with E-state index in [1.54, 1.807) is 0 Å². The molecule has 0 saturated carbocycles. The number of nitrogens with one attached hydrogen (secondary N) is 1. The molecule has 1 aliphatic rings. The molecule has 3 heterocycles. The summed E-state index contributed by atoms with van der Waals surface area (Å²) in [5.41, 5.74) is 0.296. The first kappa shape index (κ1) is 25.5. The Morgan fingerprint density at radius 2 is 1.71 bits per heavy atom. The number of likely N-dealkylation sites (N-methyl/N-ethyl adjacent to an activating group) is 1. The molecule has 4 aromatic rings. The van der Waals surface area contributed by atoms with Crippen molar-refractivity contribution in [2.45, 2.75) is 26.1 Å². The zero-order valence-corrected chi connectivity index (χ0v) is 20.2. The van der Waals surface area contributed by atoms with E-state index in [0.29, 0.717) is 11.3 Å². The first-order chi connectivity index (χ1) is 18.1. The van der Waals surface area contributed by atoms with Gasteiger partial charge < -0.3 is 23.9 Å². The molecule has 38 heavy (non-hydrogen) atoms. The van der Waals surface area contributed by atoms with Gasteiger partial charge in [0.05, 0.1) is 36.9 Å². The topological polar surface area (TPSA) is 93.6 Å². The number of H-pyrrole nitrogens is 1. The van der Waals surface area contributed by atoms with Crippen LogP contribution in [0.5, 0.6) is 0 Å². The molecule has 1 N–H and O–H groups in total. The molecule has 1 atom stereocenters. The van der Waals surface area contributed by atoms with Gasteiger partial charge in [-0.3, -0.25) is 14.4 Å². The lowest BCUT2D eigenvalue weighted by Gasteiger charge is -2.35. The quantitative estimate of drug-likeness (QED) is 0.311. The molecule has 2 aromatic carbocycles. The van der Waals surface area contributed by atoms with Gasteiger partial charge in [0.25, 0.3) is 11.5 Å². The summed E-state index contributed by atoms with van der Waals surface area (Å²) < 4.78 is 67.8. The minimum Gasteiger partial charge on any atom is -0.464 e. The molecule has 198 valence electrons. The van der Waals surface area contributed by atoms with Gasteiger partial charge in [-0.1, -0.05) is 0 Å². The van der Waals surface area contributed by atoms with Crippen molar-refractivity contribution in [3.05, 3.63) is 80.9 Å². The molecule has 5 rings (SSSR count). The van der Waals surface area contributed by atoms with E-state index >= 15 is 0 Å². The number of ether oxygens (including phenoxy) is 2. The van der Waals surface area contributed by atoms with Crippen LogP contribution in [0.2, 0.25) is 0 Å². The number of carbonyl (C=O) groups excluding carboxylic acids is 2. The highest BCUT2D eigenvalue weighted by Crippen LogP contribution is 2.35. The lowest BCUT2D eigenvalue weighted by atomic mass is 9.94. The summed E-state index contributed by atoms with van der Waals surface area (Å²) >= 11 is 0. The van der Waals surface area contributed by atoms with Gasteiger partial charge >= 0.3 is 5.97 Å². The van der Waals surface area contributed by atoms with E-state index in [1.807, 2.05) is 0 Å². The Morgan fingerprint density at radius 3 is 2.42 bits per heavy atom. The average molecular weight is 531 g/mol. The van der Waals surface area contributed by atoms with Gasteiger partial charge in [0.15, 0.2) is 23.3 Å². The summed E-state index contributed by atoms with van der Waals surface area (Å²) in [4.78, 5) is 42.0. The Balaban J connectivity index is 1.62. The second kappa shape index (κ2) is 9.60. The first-order valence-corrected chi connectivity index (χ1v) is 11.6. The molecule has 1 aliphatic heterocycles. The van der Waals surface area contributed by atoms with Crippen molar-refractivity contribution < 1.29 is 36.6 Å². The summed E-state index contributed by atoms with van der Waals surface area (Å²) in [5, 5.41) is 0.277. The van der Waals surface area contributed by atoms with Crippen molar-refractivity contribution in [2.75, 3.05) is 20.3 Å². The Bertz CT molecular complexity index is 1640. The van der Waals surface area contributed by atoms with Crippen LogP contribution in [0.3, 0.4) is 0 Å². The van der Waals surface area contributed by atoms with E-state index in [1.165, 1.54) is 29.5 Å². The fourth-order valence-electron chi connectivity index (χ4n) is 4.79. The van der Waals surface area contributed by atoms with Crippen molar-refractivity contribution in [2.24, 2.45) is 0 Å². The number of aromatic amines is 1. The number of benzene rings is 2. The zero-order valence-electron chi connectivity index (χ0n) is 20.2. The summed E-state index contributed by atoms with van der Waals surface area (Å²) in [6.45, 7) is 0.877. The van der Waals surface area contributed by atoms with Gasteiger partial charge in [-0.15, -0.1) is 0 Å². The Hall–Kier alpha value is -4.19. The number of amides is 1. The van der Waals surface area contributed by atoms with Gasteiger partial charge in [-0.25, -0.2) is 17.6 Å². The standard InChI is InChI=1S/C26H21F4N3O5/c1-12(34)38-4-3-33-23-11-37-10-22(24(23)14-7-17(28)18(29)8-15(14)25(33)35)32(2)26(36)21-6-13-5-16(27)19(30)9-20(13)31-21/h5-9,22,31H,3-4,10-11H2,1-2H3/t22-/m1/s1. The second-order valence-corrected chi connectivity index (χ2v) is 8.95. The maximum atomic E-state index is 14.4. The van der Waals surface area contributed by atoms with E-state index in [-0.39, 0.29) is 53.7 Å². The molecule has 1 amide bonds. The van der Waals surface area contributed by atoms with E-state index in [2.05, 4.69) is 4.98 Å². The van der Waals surface area contributed by atoms with Crippen LogP contribution in [-0.4, -0.2) is 46.6 Å². The number of hydrogen-bond acceptors (Lipinski definition) is 5. The largest absolute Gasteiger partial charge is 0.464 e. The molecule has 2 aromatic heterocycles. The van der Waals surface area contributed by atoms with Gasteiger partial charge in [-0.05, 0) is 29.7 Å². The number of nitrogens with zero attached hydrogens (tertiary/aromatic N) is 2. The molecule has 12 heteroatoms. The number of halogens is 4. The average Bonchev–Trinajstić information content (AvgIpc) is 3.28. The SMILES string of the molecule is CC(=O)OCCn1c2c(c3cc(F)c(F)cc3c1=O)[C@H](N(C)C(=O)c1cc3cc(F)c(F)cc3[nH]1)COC2. The van der Waals surface area contributed by atoms with Gasteiger partial charge in [0, 0.05) is 36.5 Å². The monoisotopic (exact) mass is 531 g/mol. The Kier molecular flexibility index (Phi) is 6.43. The predicted octanol–water partition coefficient (Wildman–Crippen LogP) is 3.95. The van der Waals surface area contributed by atoms with Crippen LogP contribution in [0, 0.1) is 23.3 Å². The van der Waals surface area contributed by atoms with Crippen molar-refractivity contribution in [3.8, 4) is 0 Å². The lowest BCUT2D eigenvalue weighted by molar-refractivity contribution is -0.141. The molecule has 0 saturated heterocycles. The van der Waals surface area contributed by atoms with Crippen molar-refractivity contribution in [1.82, 2.24) is 14.5 Å². The van der Waals surface area contributed by atoms with Crippen LogP contribution in [-0.2, 0) is 27.4 Å². The summed E-state index contributed by atoms with van der Waals surface area (Å²) in [7, 11) is 1.46. The normalized spacial score (nSPS) is 15.1. The fourth-order valence-corrected chi connectivity index (χ4v) is 4.79. The summed E-state index contributed by atoms with van der Waals surface area (Å²) in [6.07, 6.45) is 0. The number of rotatable bonds is 5. The number of hydrogen-bond donors (Lipinski definition) is 1. The van der Waals surface area contributed by atoms with Crippen LogP contribution in [0.15, 0.2) is 35.1 Å². The Morgan fingerprint density at radius 1 is 1.05 bits per heavy atom. The second-order valence-electron chi connectivity index (χ2n) is 8.95. The van der Waals surface area contributed by atoms with E-state index in [9.17, 15) is 31.9 Å². The molecular weight excluding hydrogens is 510 g/mol. The maximum Gasteiger partial charge on any atom is 0.302 e. The molecular formula is C26H21F4N3O5. The minimum absolute atomic E-state index is 0.0318. The fraction of sp³-hybridized carbons (Fsp3) is 0.269. The Labute approximate surface area is 212 Å². The first-order valence-electron chi connectivity index (χ1n) is 11.6. The smallest absolute Gasteiger partial charge is 0.302 e. The van der Waals surface area contributed by atoms with E-state index < -0.39 is 46.7 Å². The molecule has 0 spiro atoms. The highest BCUT2D eigenvalue weighted by Gasteiger charge is 2.33. The molecule has 0 radical (unpaired) electrons. The number of carbonyl (C=O) groups is 2. The van der Waals surface area contributed by atoms with Gasteiger partial charge in [0.1, 0.15) is 12.3 Å².